The zero-order valence-corrected chi connectivity index (χ0v) is 28.0. The highest BCUT2D eigenvalue weighted by Crippen LogP contribution is 2.33. The van der Waals surface area contributed by atoms with E-state index in [1.807, 2.05) is 37.3 Å². The van der Waals surface area contributed by atoms with Crippen molar-refractivity contribution in [3.63, 3.8) is 0 Å². The first-order valence-electron chi connectivity index (χ1n) is 15.6. The monoisotopic (exact) mass is 662 g/mol. The quantitative estimate of drug-likeness (QED) is 0.308. The molecule has 10 nitrogen and oxygen atoms in total. The number of aliphatic carboxylic acids is 1. The van der Waals surface area contributed by atoms with Gasteiger partial charge < -0.3 is 15.2 Å². The molecule has 248 valence electrons. The van der Waals surface area contributed by atoms with Crippen LogP contribution >= 0.6 is 0 Å². The van der Waals surface area contributed by atoms with Gasteiger partial charge in [-0.1, -0.05) is 49.6 Å². The Bertz CT molecular complexity index is 1570. The highest BCUT2D eigenvalue weighted by atomic mass is 32.2. The maximum absolute atomic E-state index is 13.5. The van der Waals surface area contributed by atoms with E-state index in [1.165, 1.54) is 6.42 Å². The van der Waals surface area contributed by atoms with Crippen LogP contribution in [0.1, 0.15) is 66.4 Å². The highest BCUT2D eigenvalue weighted by Gasteiger charge is 2.40. The predicted octanol–water partition coefficient (Wildman–Crippen LogP) is 3.86. The Labute approximate surface area is 267 Å². The van der Waals surface area contributed by atoms with Gasteiger partial charge in [-0.3, -0.25) is 9.69 Å². The number of hydrogen-bond acceptors (Lipinski definition) is 8. The van der Waals surface area contributed by atoms with Crippen LogP contribution in [0.15, 0.2) is 42.5 Å². The van der Waals surface area contributed by atoms with Crippen LogP contribution in [-0.4, -0.2) is 94.1 Å². The number of carbonyl (C=O) groups is 2. The van der Waals surface area contributed by atoms with Crippen LogP contribution in [0.5, 0.6) is 0 Å². The Morgan fingerprint density at radius 2 is 1.76 bits per heavy atom. The lowest BCUT2D eigenvalue weighted by Gasteiger charge is -2.25. The van der Waals surface area contributed by atoms with Crippen molar-refractivity contribution in [2.75, 3.05) is 38.0 Å². The average Bonchev–Trinajstić information content (AvgIpc) is 3.38. The van der Waals surface area contributed by atoms with Gasteiger partial charge in [-0.25, -0.2) is 21.6 Å². The molecular formula is C33H46N2O8S2. The minimum absolute atomic E-state index is 0.0720. The van der Waals surface area contributed by atoms with Crippen LogP contribution in [-0.2, 0) is 35.8 Å². The van der Waals surface area contributed by atoms with Crippen molar-refractivity contribution in [2.45, 2.75) is 75.7 Å². The van der Waals surface area contributed by atoms with Crippen LogP contribution < -0.4 is 5.32 Å². The molecule has 1 amide bonds. The summed E-state index contributed by atoms with van der Waals surface area (Å²) in [6, 6.07) is 11.5. The third-order valence-corrected chi connectivity index (χ3v) is 12.3. The van der Waals surface area contributed by atoms with Crippen molar-refractivity contribution in [2.24, 2.45) is 5.92 Å². The molecule has 0 aromatic heterocycles. The summed E-state index contributed by atoms with van der Waals surface area (Å²) in [5.41, 5.74) is 3.47. The van der Waals surface area contributed by atoms with E-state index < -0.39 is 42.8 Å². The van der Waals surface area contributed by atoms with Crippen molar-refractivity contribution >= 4 is 31.6 Å². The summed E-state index contributed by atoms with van der Waals surface area (Å²) in [5.74, 6) is -1.82. The Morgan fingerprint density at radius 1 is 1.04 bits per heavy atom. The average molecular weight is 663 g/mol. The van der Waals surface area contributed by atoms with Crippen molar-refractivity contribution < 1.29 is 36.3 Å². The molecule has 0 radical (unpaired) electrons. The first-order chi connectivity index (χ1) is 21.3. The van der Waals surface area contributed by atoms with E-state index in [4.69, 9.17) is 4.74 Å². The second-order valence-electron chi connectivity index (χ2n) is 12.7. The number of carboxylic acids is 1. The Balaban J connectivity index is 1.59. The second kappa shape index (κ2) is 15.2. The predicted molar refractivity (Wildman–Crippen MR) is 175 cm³/mol. The molecule has 0 bridgehead atoms. The molecule has 3 atom stereocenters. The minimum atomic E-state index is -3.42. The number of nitrogens with zero attached hydrogens (tertiary/aromatic N) is 1. The topological polar surface area (TPSA) is 147 Å². The molecule has 4 rings (SSSR count). The first kappa shape index (κ1) is 35.1. The van der Waals surface area contributed by atoms with Gasteiger partial charge in [-0.2, -0.15) is 0 Å². The summed E-state index contributed by atoms with van der Waals surface area (Å²) in [6.45, 7) is 3.19. The van der Waals surface area contributed by atoms with E-state index in [-0.39, 0.29) is 35.4 Å². The largest absolute Gasteiger partial charge is 0.480 e. The number of carboxylic acid groups (broad SMARTS) is 1. The van der Waals surface area contributed by atoms with Gasteiger partial charge in [0.05, 0.1) is 23.4 Å². The molecule has 1 unspecified atom stereocenters. The van der Waals surface area contributed by atoms with Gasteiger partial charge in [0.1, 0.15) is 15.9 Å². The lowest BCUT2D eigenvalue weighted by Crippen LogP contribution is -2.42. The molecular weight excluding hydrogens is 617 g/mol. The number of ether oxygens (including phenoxy) is 1. The number of carbonyl (C=O) groups excluding carboxylic acids is 1. The summed E-state index contributed by atoms with van der Waals surface area (Å²) in [7, 11) is -5.08. The van der Waals surface area contributed by atoms with E-state index in [0.29, 0.717) is 31.7 Å². The minimum Gasteiger partial charge on any atom is -0.480 e. The maximum atomic E-state index is 13.5. The van der Waals surface area contributed by atoms with Gasteiger partial charge in [0.2, 0.25) is 0 Å². The molecule has 1 heterocycles. The van der Waals surface area contributed by atoms with Crippen molar-refractivity contribution in [1.29, 1.82) is 0 Å². The third-order valence-electron chi connectivity index (χ3n) is 9.08. The Kier molecular flexibility index (Phi) is 11.8. The van der Waals surface area contributed by atoms with Gasteiger partial charge in [-0.15, -0.1) is 0 Å². The van der Waals surface area contributed by atoms with Gasteiger partial charge in [0.25, 0.3) is 5.91 Å². The van der Waals surface area contributed by atoms with Crippen LogP contribution in [0.4, 0.5) is 0 Å². The normalized spacial score (nSPS) is 20.6. The third kappa shape index (κ3) is 9.60. The Morgan fingerprint density at radius 3 is 2.40 bits per heavy atom. The molecule has 12 heteroatoms. The SMILES string of the molecule is COC[C@H]1CC(S(=O)(=O)CC2CCCCC2)CN1Cc1ccc(C(=O)N[C@H](CCS(C)(=O)=O)C(=O)O)c(-c2ccccc2C)c1. The maximum Gasteiger partial charge on any atom is 0.326 e. The molecule has 0 spiro atoms. The van der Waals surface area contributed by atoms with Crippen molar-refractivity contribution in [1.82, 2.24) is 10.2 Å². The summed E-state index contributed by atoms with van der Waals surface area (Å²) >= 11 is 0. The first-order valence-corrected chi connectivity index (χ1v) is 19.4. The lowest BCUT2D eigenvalue weighted by atomic mass is 9.91. The zero-order valence-electron chi connectivity index (χ0n) is 26.4. The molecule has 2 aliphatic rings. The van der Waals surface area contributed by atoms with Gasteiger partial charge >= 0.3 is 5.97 Å². The fraction of sp³-hybridized carbons (Fsp3) is 0.576. The number of hydrogen-bond donors (Lipinski definition) is 2. The molecule has 2 aromatic rings. The molecule has 1 saturated heterocycles. The van der Waals surface area contributed by atoms with Crippen LogP contribution in [0, 0.1) is 12.8 Å². The summed E-state index contributed by atoms with van der Waals surface area (Å²) in [6.07, 6.45) is 6.60. The number of benzene rings is 2. The second-order valence-corrected chi connectivity index (χ2v) is 17.3. The summed E-state index contributed by atoms with van der Waals surface area (Å²) in [4.78, 5) is 27.5. The fourth-order valence-corrected chi connectivity index (χ4v) is 9.48. The molecule has 2 N–H and O–H groups in total. The highest BCUT2D eigenvalue weighted by molar-refractivity contribution is 7.92. The number of methoxy groups -OCH3 is 1. The lowest BCUT2D eigenvalue weighted by molar-refractivity contribution is -0.139. The molecule has 2 aromatic carbocycles. The zero-order chi connectivity index (χ0) is 32.8. The van der Waals surface area contributed by atoms with E-state index in [1.54, 1.807) is 19.2 Å². The number of sulfone groups is 2. The fourth-order valence-electron chi connectivity index (χ4n) is 6.62. The molecule has 1 saturated carbocycles. The smallest absolute Gasteiger partial charge is 0.326 e. The van der Waals surface area contributed by atoms with E-state index in [9.17, 15) is 31.5 Å². The van der Waals surface area contributed by atoms with Crippen LogP contribution in [0.2, 0.25) is 0 Å². The van der Waals surface area contributed by atoms with Crippen LogP contribution in [0.25, 0.3) is 11.1 Å². The standard InChI is InChI=1S/C33H46N2O8S2/c1-23-9-7-8-12-28(23)30-17-25(13-14-29(30)32(36)34-31(33(37)38)15-16-44(3,39)40)19-35-20-27(18-26(35)21-43-2)45(41,42)22-24-10-5-4-6-11-24/h7-9,12-14,17,24,26-27,31H,4-6,10-11,15-16,18-22H2,1-3H3,(H,34,36)(H,37,38)/t26-,27?,31-/m1/s1. The van der Waals surface area contributed by atoms with Crippen molar-refractivity contribution in [3.05, 3.63) is 59.2 Å². The summed E-state index contributed by atoms with van der Waals surface area (Å²) < 4.78 is 55.8. The van der Waals surface area contributed by atoms with Gasteiger partial charge in [0, 0.05) is 38.1 Å². The molecule has 45 heavy (non-hydrogen) atoms. The van der Waals surface area contributed by atoms with E-state index in [2.05, 4.69) is 10.2 Å². The number of rotatable bonds is 14. The molecule has 2 fully saturated rings. The van der Waals surface area contributed by atoms with Crippen molar-refractivity contribution in [3.8, 4) is 11.1 Å². The number of nitrogens with one attached hydrogen (secondary N) is 1. The molecule has 1 aliphatic carbocycles. The number of amides is 1. The van der Waals surface area contributed by atoms with E-state index >= 15 is 0 Å². The van der Waals surface area contributed by atoms with Gasteiger partial charge in [-0.05, 0) is 72.9 Å². The Hall–Kier alpha value is -2.80. The van der Waals surface area contributed by atoms with Crippen LogP contribution in [0.3, 0.4) is 0 Å². The number of likely N-dealkylation sites (tertiary alicyclic amines) is 1. The molecule has 1 aliphatic heterocycles. The van der Waals surface area contributed by atoms with Gasteiger partial charge in [0.15, 0.2) is 9.84 Å². The van der Waals surface area contributed by atoms with E-state index in [0.717, 1.165) is 48.6 Å². The number of aryl methyl sites for hydroxylation is 1. The summed E-state index contributed by atoms with van der Waals surface area (Å²) in [5, 5.41) is 11.7.